The number of aromatic nitrogens is 1. The van der Waals surface area contributed by atoms with E-state index in [0.29, 0.717) is 5.92 Å². The summed E-state index contributed by atoms with van der Waals surface area (Å²) >= 11 is 0. The van der Waals surface area contributed by atoms with E-state index in [4.69, 9.17) is 4.43 Å². The Labute approximate surface area is 88.6 Å². The summed E-state index contributed by atoms with van der Waals surface area (Å²) in [6.45, 7) is 6.31. The molecule has 1 rings (SSSR count). The van der Waals surface area contributed by atoms with Crippen molar-refractivity contribution in [2.24, 2.45) is 5.92 Å². The molecule has 0 fully saturated rings. The molecule has 0 N–H and O–H groups in total. The van der Waals surface area contributed by atoms with Gasteiger partial charge in [-0.1, -0.05) is 19.9 Å². The van der Waals surface area contributed by atoms with E-state index in [0.717, 1.165) is 11.5 Å². The molecule has 0 aliphatic heterocycles. The quantitative estimate of drug-likeness (QED) is 0.557. The van der Waals surface area contributed by atoms with Gasteiger partial charge in [0.1, 0.15) is 11.5 Å². The molecular formula is C11H14NOSi. The lowest BCUT2D eigenvalue weighted by Crippen LogP contribution is -2.00. The summed E-state index contributed by atoms with van der Waals surface area (Å²) in [4.78, 5) is 4.24. The maximum atomic E-state index is 5.18. The van der Waals surface area contributed by atoms with Crippen LogP contribution in [0.3, 0.4) is 0 Å². The normalized spacial score (nSPS) is 12.6. The molecule has 0 spiro atoms. The first-order chi connectivity index (χ1) is 6.66. The van der Waals surface area contributed by atoms with Gasteiger partial charge in [0.25, 0.3) is 0 Å². The highest BCUT2D eigenvalue weighted by Crippen LogP contribution is 2.21. The summed E-state index contributed by atoms with van der Waals surface area (Å²) in [6, 6.07) is 5.77. The predicted octanol–water partition coefficient (Wildman–Crippen LogP) is 2.57. The summed E-state index contributed by atoms with van der Waals surface area (Å²) < 4.78 is 5.18. The Bertz CT molecular complexity index is 319. The molecule has 0 aromatic carbocycles. The van der Waals surface area contributed by atoms with Gasteiger partial charge in [0.05, 0.1) is 0 Å². The molecule has 0 aliphatic carbocycles. The van der Waals surface area contributed by atoms with E-state index < -0.39 is 0 Å². The van der Waals surface area contributed by atoms with Crippen LogP contribution >= 0.6 is 0 Å². The smallest absolute Gasteiger partial charge is 0.341 e. The maximum absolute atomic E-state index is 5.18. The van der Waals surface area contributed by atoms with Crippen molar-refractivity contribution in [2.45, 2.75) is 20.8 Å². The monoisotopic (exact) mass is 204 g/mol. The summed E-state index contributed by atoms with van der Waals surface area (Å²) in [6.07, 6.45) is 1.76. The molecule has 0 amide bonds. The van der Waals surface area contributed by atoms with Crippen LogP contribution in [0.4, 0.5) is 0 Å². The van der Waals surface area contributed by atoms with Crippen molar-refractivity contribution >= 4 is 16.2 Å². The van der Waals surface area contributed by atoms with Gasteiger partial charge in [-0.3, -0.25) is 4.98 Å². The maximum Gasteiger partial charge on any atom is 0.341 e. The molecule has 3 radical (unpaired) electrons. The summed E-state index contributed by atoms with van der Waals surface area (Å²) in [5, 5.41) is 0. The van der Waals surface area contributed by atoms with Gasteiger partial charge < -0.3 is 4.43 Å². The predicted molar refractivity (Wildman–Crippen MR) is 58.5 cm³/mol. The van der Waals surface area contributed by atoms with E-state index in [1.54, 1.807) is 6.20 Å². The van der Waals surface area contributed by atoms with Crippen molar-refractivity contribution in [1.82, 2.24) is 4.98 Å². The van der Waals surface area contributed by atoms with Crippen molar-refractivity contribution < 1.29 is 4.43 Å². The molecule has 0 bridgehead atoms. The zero-order valence-electron chi connectivity index (χ0n) is 8.74. The molecule has 73 valence electrons. The second-order valence-electron chi connectivity index (χ2n) is 3.48. The summed E-state index contributed by atoms with van der Waals surface area (Å²) in [7, 11) is 3.07. The van der Waals surface area contributed by atoms with Crippen LogP contribution in [0.1, 0.15) is 26.5 Å². The summed E-state index contributed by atoms with van der Waals surface area (Å²) in [5.74, 6) is 1.25. The highest BCUT2D eigenvalue weighted by Gasteiger charge is 2.09. The van der Waals surface area contributed by atoms with Gasteiger partial charge in [-0.15, -0.1) is 0 Å². The number of nitrogens with zero attached hydrogens (tertiary/aromatic N) is 1. The van der Waals surface area contributed by atoms with E-state index in [2.05, 4.69) is 36.2 Å². The Morgan fingerprint density at radius 1 is 1.43 bits per heavy atom. The highest BCUT2D eigenvalue weighted by atomic mass is 28.2. The Balaban J connectivity index is 3.11. The van der Waals surface area contributed by atoms with Crippen molar-refractivity contribution in [2.75, 3.05) is 0 Å². The third-order valence-corrected chi connectivity index (χ3v) is 2.43. The minimum absolute atomic E-state index is 0.448. The second-order valence-corrected chi connectivity index (χ2v) is 3.69. The first-order valence-electron chi connectivity index (χ1n) is 4.62. The second kappa shape index (κ2) is 4.96. The minimum Gasteiger partial charge on any atom is -0.539 e. The van der Waals surface area contributed by atoms with E-state index in [1.807, 2.05) is 18.2 Å². The molecule has 0 unspecified atom stereocenters. The van der Waals surface area contributed by atoms with E-state index in [-0.39, 0.29) is 0 Å². The molecular weight excluding hydrogens is 190 g/mol. The lowest BCUT2D eigenvalue weighted by atomic mass is 10.0. The third-order valence-electron chi connectivity index (χ3n) is 2.22. The molecule has 0 saturated carbocycles. The molecule has 3 heteroatoms. The van der Waals surface area contributed by atoms with Crippen molar-refractivity contribution in [3.8, 4) is 0 Å². The van der Waals surface area contributed by atoms with E-state index in [9.17, 15) is 0 Å². The van der Waals surface area contributed by atoms with Gasteiger partial charge in [-0.05, 0) is 30.5 Å². The molecule has 0 saturated heterocycles. The summed E-state index contributed by atoms with van der Waals surface area (Å²) in [5.41, 5.74) is 2.03. The Morgan fingerprint density at radius 2 is 2.14 bits per heavy atom. The van der Waals surface area contributed by atoms with Gasteiger partial charge >= 0.3 is 10.5 Å². The van der Waals surface area contributed by atoms with Crippen LogP contribution in [-0.4, -0.2) is 15.5 Å². The molecule has 1 heterocycles. The number of hydrogen-bond acceptors (Lipinski definition) is 2. The SMILES string of the molecule is CC(=C(O[Si])c1ccccn1)C(C)C. The van der Waals surface area contributed by atoms with Crippen molar-refractivity contribution in [3.05, 3.63) is 35.7 Å². The van der Waals surface area contributed by atoms with Crippen LogP contribution in [0.5, 0.6) is 0 Å². The first kappa shape index (κ1) is 11.0. The highest BCUT2D eigenvalue weighted by molar-refractivity contribution is 6.01. The molecule has 2 nitrogen and oxygen atoms in total. The largest absolute Gasteiger partial charge is 0.539 e. The average Bonchev–Trinajstić information content (AvgIpc) is 2.20. The van der Waals surface area contributed by atoms with Crippen LogP contribution in [-0.2, 0) is 4.43 Å². The average molecular weight is 204 g/mol. The zero-order valence-corrected chi connectivity index (χ0v) is 9.74. The number of hydrogen-bond donors (Lipinski definition) is 0. The van der Waals surface area contributed by atoms with Gasteiger partial charge in [-0.25, -0.2) is 0 Å². The van der Waals surface area contributed by atoms with Gasteiger partial charge in [0.15, 0.2) is 0 Å². The standard InChI is InChI=1S/C11H14NOSi/c1-8(2)9(3)11(13-14)10-6-4-5-7-12-10/h4-8H,1-3H3. The molecule has 14 heavy (non-hydrogen) atoms. The third kappa shape index (κ3) is 2.45. The molecule has 0 aliphatic rings. The van der Waals surface area contributed by atoms with Crippen molar-refractivity contribution in [1.29, 1.82) is 0 Å². The van der Waals surface area contributed by atoms with Gasteiger partial charge in [-0.2, -0.15) is 0 Å². The fourth-order valence-corrected chi connectivity index (χ4v) is 1.36. The number of allylic oxidation sites excluding steroid dienone is 1. The molecule has 1 aromatic rings. The Kier molecular flexibility index (Phi) is 3.89. The number of pyridine rings is 1. The van der Waals surface area contributed by atoms with Crippen LogP contribution in [0.15, 0.2) is 30.0 Å². The lowest BCUT2D eigenvalue weighted by molar-refractivity contribution is 0.550. The Morgan fingerprint density at radius 3 is 2.57 bits per heavy atom. The number of rotatable bonds is 3. The van der Waals surface area contributed by atoms with Gasteiger partial charge in [0.2, 0.25) is 0 Å². The fraction of sp³-hybridized carbons (Fsp3) is 0.364. The van der Waals surface area contributed by atoms with Crippen LogP contribution in [0, 0.1) is 5.92 Å². The van der Waals surface area contributed by atoms with Crippen LogP contribution < -0.4 is 0 Å². The lowest BCUT2D eigenvalue weighted by Gasteiger charge is -2.13. The Hall–Kier alpha value is -1.09. The van der Waals surface area contributed by atoms with Crippen molar-refractivity contribution in [3.63, 3.8) is 0 Å². The van der Waals surface area contributed by atoms with Gasteiger partial charge in [0, 0.05) is 6.20 Å². The first-order valence-corrected chi connectivity index (χ1v) is 5.03. The van der Waals surface area contributed by atoms with Crippen LogP contribution in [0.25, 0.3) is 5.76 Å². The fourth-order valence-electron chi connectivity index (χ4n) is 1.09. The minimum atomic E-state index is 0.448. The van der Waals surface area contributed by atoms with E-state index in [1.165, 1.54) is 5.57 Å². The zero-order chi connectivity index (χ0) is 10.6. The molecule has 1 aromatic heterocycles. The topological polar surface area (TPSA) is 22.1 Å². The van der Waals surface area contributed by atoms with Crippen LogP contribution in [0.2, 0.25) is 0 Å². The van der Waals surface area contributed by atoms with E-state index >= 15 is 0 Å². The molecule has 0 atom stereocenters.